The maximum absolute atomic E-state index is 14.2. The van der Waals surface area contributed by atoms with Crippen LogP contribution < -0.4 is 10.6 Å². The molecule has 0 aliphatic rings. The Hall–Kier alpha value is -3.99. The first-order chi connectivity index (χ1) is 21.0. The zero-order chi connectivity index (χ0) is 33.8. The van der Waals surface area contributed by atoms with Crippen molar-refractivity contribution in [1.29, 1.82) is 0 Å². The average Bonchev–Trinajstić information content (AvgIpc) is 2.93. The number of carbonyl (C=O) groups is 4. The molecule has 246 valence electrons. The normalized spacial score (nSPS) is 13.5. The highest BCUT2D eigenvalue weighted by Crippen LogP contribution is 2.27. The summed E-state index contributed by atoms with van der Waals surface area (Å²) in [5.41, 5.74) is -0.520. The van der Waals surface area contributed by atoms with Crippen LogP contribution in [0, 0.1) is 0 Å². The smallest absolute Gasteiger partial charge is 0.408 e. The van der Waals surface area contributed by atoms with Gasteiger partial charge in [0, 0.05) is 13.0 Å². The van der Waals surface area contributed by atoms with Gasteiger partial charge in [-0.05, 0) is 83.2 Å². The van der Waals surface area contributed by atoms with Gasteiger partial charge in [0.2, 0.25) is 11.8 Å². The topological polar surface area (TPSA) is 134 Å². The summed E-state index contributed by atoms with van der Waals surface area (Å²) in [6.45, 7) is 14.1. The molecule has 0 aliphatic carbocycles. The van der Waals surface area contributed by atoms with Crippen molar-refractivity contribution in [2.45, 2.75) is 83.7 Å². The lowest BCUT2D eigenvalue weighted by molar-refractivity contribution is -0.159. The molecule has 45 heavy (non-hydrogen) atoms. The van der Waals surface area contributed by atoms with Crippen molar-refractivity contribution in [3.05, 3.63) is 78.4 Å². The lowest BCUT2D eigenvalue weighted by Gasteiger charge is -2.34. The number of nitrogens with zero attached hydrogens (tertiary/aromatic N) is 1. The first-order valence-electron chi connectivity index (χ1n) is 14.8. The number of phenols is 1. The number of alkyl carbamates (subject to hydrolysis) is 1. The van der Waals surface area contributed by atoms with E-state index >= 15 is 0 Å². The Morgan fingerprint density at radius 1 is 0.933 bits per heavy atom. The van der Waals surface area contributed by atoms with Crippen molar-refractivity contribution in [3.63, 3.8) is 0 Å². The fraction of sp³-hybridized carbons (Fsp3) is 0.471. The summed E-state index contributed by atoms with van der Waals surface area (Å²) in [5, 5.41) is 15.8. The minimum atomic E-state index is -1.31. The first-order valence-corrected chi connectivity index (χ1v) is 16.2. The molecule has 0 saturated carbocycles. The van der Waals surface area contributed by atoms with Crippen LogP contribution in [-0.2, 0) is 30.3 Å². The van der Waals surface area contributed by atoms with Crippen LogP contribution in [0.3, 0.4) is 0 Å². The standard InChI is InChI=1S/C34H47N3O7S/c1-9-19-37(30(40)26(18-20-45-8)36-32(42)44-34(5,6)7)28(24-16-13-17-25(38)22-24)29(39)35-27(31(41)43-33(2,3)4)21-23-14-11-10-12-15-23/h9-17,22,26-28,38H,1,18-21H2,2-8H3,(H,35,39)(H,36,42). The van der Waals surface area contributed by atoms with Gasteiger partial charge in [-0.25, -0.2) is 9.59 Å². The van der Waals surface area contributed by atoms with Gasteiger partial charge in [-0.2, -0.15) is 11.8 Å². The Labute approximate surface area is 270 Å². The van der Waals surface area contributed by atoms with Crippen molar-refractivity contribution in [1.82, 2.24) is 15.5 Å². The molecule has 0 saturated heterocycles. The molecule has 2 aromatic rings. The van der Waals surface area contributed by atoms with E-state index in [0.29, 0.717) is 11.3 Å². The van der Waals surface area contributed by atoms with Gasteiger partial charge in [0.15, 0.2) is 0 Å². The molecule has 0 aliphatic heterocycles. The van der Waals surface area contributed by atoms with Crippen LogP contribution in [0.5, 0.6) is 5.75 Å². The molecule has 3 unspecified atom stereocenters. The van der Waals surface area contributed by atoms with Crippen molar-refractivity contribution < 1.29 is 33.8 Å². The Balaban J connectivity index is 2.56. The molecular weight excluding hydrogens is 594 g/mol. The predicted octanol–water partition coefficient (Wildman–Crippen LogP) is 5.16. The van der Waals surface area contributed by atoms with E-state index in [4.69, 9.17) is 9.47 Å². The summed E-state index contributed by atoms with van der Waals surface area (Å²) in [7, 11) is 0. The third-order valence-electron chi connectivity index (χ3n) is 6.24. The van der Waals surface area contributed by atoms with E-state index in [2.05, 4.69) is 17.2 Å². The molecule has 3 amide bonds. The van der Waals surface area contributed by atoms with Crippen LogP contribution in [-0.4, -0.2) is 75.7 Å². The molecule has 3 N–H and O–H groups in total. The van der Waals surface area contributed by atoms with Crippen molar-refractivity contribution in [3.8, 4) is 5.75 Å². The number of phenolic OH excluding ortho intramolecular Hbond substituents is 1. The zero-order valence-electron chi connectivity index (χ0n) is 27.3. The van der Waals surface area contributed by atoms with E-state index < -0.39 is 53.2 Å². The van der Waals surface area contributed by atoms with E-state index in [1.807, 2.05) is 36.6 Å². The monoisotopic (exact) mass is 641 g/mol. The lowest BCUT2D eigenvalue weighted by atomic mass is 10.00. The van der Waals surface area contributed by atoms with Crippen LogP contribution in [0.25, 0.3) is 0 Å². The molecule has 0 heterocycles. The maximum Gasteiger partial charge on any atom is 0.408 e. The van der Waals surface area contributed by atoms with Gasteiger partial charge in [0.25, 0.3) is 0 Å². The minimum Gasteiger partial charge on any atom is -0.508 e. The van der Waals surface area contributed by atoms with E-state index in [9.17, 15) is 24.3 Å². The van der Waals surface area contributed by atoms with Gasteiger partial charge in [0.05, 0.1) is 0 Å². The number of benzene rings is 2. The molecule has 0 radical (unpaired) electrons. The highest BCUT2D eigenvalue weighted by atomic mass is 32.2. The number of carbonyl (C=O) groups excluding carboxylic acids is 4. The van der Waals surface area contributed by atoms with Crippen LogP contribution in [0.2, 0.25) is 0 Å². The average molecular weight is 642 g/mol. The van der Waals surface area contributed by atoms with Crippen LogP contribution in [0.15, 0.2) is 67.3 Å². The Bertz CT molecular complexity index is 1300. The second kappa shape index (κ2) is 16.9. The fourth-order valence-corrected chi connectivity index (χ4v) is 4.91. The molecule has 2 aromatic carbocycles. The number of thioether (sulfide) groups is 1. The molecule has 10 nitrogen and oxygen atoms in total. The molecule has 2 rings (SSSR count). The van der Waals surface area contributed by atoms with E-state index in [-0.39, 0.29) is 25.1 Å². The highest BCUT2D eigenvalue weighted by Gasteiger charge is 2.38. The predicted molar refractivity (Wildman–Crippen MR) is 177 cm³/mol. The number of rotatable bonds is 14. The molecule has 0 spiro atoms. The van der Waals surface area contributed by atoms with Crippen molar-refractivity contribution in [2.24, 2.45) is 0 Å². The Morgan fingerprint density at radius 2 is 1.58 bits per heavy atom. The second-order valence-electron chi connectivity index (χ2n) is 12.5. The van der Waals surface area contributed by atoms with E-state index in [1.165, 1.54) is 34.9 Å². The van der Waals surface area contributed by atoms with Crippen LogP contribution in [0.4, 0.5) is 4.79 Å². The van der Waals surface area contributed by atoms with Crippen LogP contribution in [0.1, 0.15) is 65.1 Å². The number of amides is 3. The summed E-state index contributed by atoms with van der Waals surface area (Å²) in [5.74, 6) is -1.45. The molecule has 11 heteroatoms. The maximum atomic E-state index is 14.2. The van der Waals surface area contributed by atoms with Gasteiger partial charge in [-0.1, -0.05) is 48.5 Å². The molecule has 0 aromatic heterocycles. The number of esters is 1. The lowest BCUT2D eigenvalue weighted by Crippen LogP contribution is -2.55. The van der Waals surface area contributed by atoms with E-state index in [0.717, 1.165) is 5.56 Å². The number of hydrogen-bond donors (Lipinski definition) is 3. The fourth-order valence-electron chi connectivity index (χ4n) is 4.44. The first kappa shape index (κ1) is 37.2. The van der Waals surface area contributed by atoms with Crippen molar-refractivity contribution >= 4 is 35.6 Å². The zero-order valence-corrected chi connectivity index (χ0v) is 28.1. The second-order valence-corrected chi connectivity index (χ2v) is 13.5. The Kier molecular flexibility index (Phi) is 14.0. The van der Waals surface area contributed by atoms with E-state index in [1.54, 1.807) is 53.7 Å². The summed E-state index contributed by atoms with van der Waals surface area (Å²) in [4.78, 5) is 55.8. The third kappa shape index (κ3) is 12.9. The third-order valence-corrected chi connectivity index (χ3v) is 6.89. The number of hydrogen-bond acceptors (Lipinski definition) is 8. The number of aromatic hydroxyl groups is 1. The quantitative estimate of drug-likeness (QED) is 0.190. The molecular formula is C34H47N3O7S. The molecule has 3 atom stereocenters. The summed E-state index contributed by atoms with van der Waals surface area (Å²) >= 11 is 1.50. The van der Waals surface area contributed by atoms with Crippen molar-refractivity contribution in [2.75, 3.05) is 18.6 Å². The molecule has 0 bridgehead atoms. The largest absolute Gasteiger partial charge is 0.508 e. The molecule has 0 fully saturated rings. The highest BCUT2D eigenvalue weighted by molar-refractivity contribution is 7.98. The summed E-state index contributed by atoms with van der Waals surface area (Å²) in [6, 6.07) is 11.7. The van der Waals surface area contributed by atoms with Gasteiger partial charge in [0.1, 0.15) is 35.1 Å². The number of nitrogens with one attached hydrogen (secondary N) is 2. The Morgan fingerprint density at radius 3 is 2.13 bits per heavy atom. The number of ether oxygens (including phenoxy) is 2. The van der Waals surface area contributed by atoms with Gasteiger partial charge >= 0.3 is 12.1 Å². The van der Waals surface area contributed by atoms with Crippen LogP contribution >= 0.6 is 11.8 Å². The minimum absolute atomic E-state index is 0.0753. The summed E-state index contributed by atoms with van der Waals surface area (Å²) in [6.07, 6.45) is 2.97. The van der Waals surface area contributed by atoms with Gasteiger partial charge in [-0.3, -0.25) is 9.59 Å². The SMILES string of the molecule is C=CCN(C(=O)C(CCSC)NC(=O)OC(C)(C)C)C(C(=O)NC(Cc1ccccc1)C(=O)OC(C)(C)C)c1cccc(O)c1. The van der Waals surface area contributed by atoms with Gasteiger partial charge in [-0.15, -0.1) is 6.58 Å². The summed E-state index contributed by atoms with van der Waals surface area (Å²) < 4.78 is 11.1. The van der Waals surface area contributed by atoms with Gasteiger partial charge < -0.3 is 30.1 Å².